The van der Waals surface area contributed by atoms with E-state index >= 15 is 0 Å². The molecule has 0 saturated carbocycles. The van der Waals surface area contributed by atoms with Crippen LogP contribution < -0.4 is 0 Å². The molecular formula is C17H11F5N6O. The van der Waals surface area contributed by atoms with Gasteiger partial charge in [0.2, 0.25) is 0 Å². The highest BCUT2D eigenvalue weighted by Crippen LogP contribution is 2.33. The van der Waals surface area contributed by atoms with Crippen LogP contribution in [0.2, 0.25) is 0 Å². The number of benzene rings is 1. The first kappa shape index (κ1) is 18.9. The number of rotatable bonds is 2. The van der Waals surface area contributed by atoms with Crippen molar-refractivity contribution in [1.82, 2.24) is 29.9 Å². The van der Waals surface area contributed by atoms with Gasteiger partial charge in [-0.15, -0.1) is 5.10 Å². The Morgan fingerprint density at radius 3 is 2.52 bits per heavy atom. The summed E-state index contributed by atoms with van der Waals surface area (Å²) in [4.78, 5) is 21.4. The predicted octanol–water partition coefficient (Wildman–Crippen LogP) is 2.55. The molecular weight excluding hydrogens is 399 g/mol. The summed E-state index contributed by atoms with van der Waals surface area (Å²) >= 11 is 0. The number of amides is 1. The number of aromatic nitrogens is 5. The number of carbonyl (C=O) groups is 1. The van der Waals surface area contributed by atoms with E-state index in [1.165, 1.54) is 9.58 Å². The molecule has 1 aromatic carbocycles. The molecule has 0 spiro atoms. The van der Waals surface area contributed by atoms with Gasteiger partial charge in [-0.1, -0.05) is 11.3 Å². The van der Waals surface area contributed by atoms with Gasteiger partial charge in [0.25, 0.3) is 11.9 Å². The first-order valence-corrected chi connectivity index (χ1v) is 8.32. The largest absolute Gasteiger partial charge is 0.419 e. The Labute approximate surface area is 159 Å². The molecule has 0 saturated heterocycles. The zero-order chi connectivity index (χ0) is 20.8. The number of nitrogens with zero attached hydrogens (tertiary/aromatic N) is 6. The number of hydrogen-bond donors (Lipinski definition) is 0. The maximum atomic E-state index is 14.3. The molecule has 0 aliphatic carbocycles. The van der Waals surface area contributed by atoms with Crippen molar-refractivity contribution in [2.75, 3.05) is 6.54 Å². The summed E-state index contributed by atoms with van der Waals surface area (Å²) in [6, 6.07) is 2.57. The fourth-order valence-electron chi connectivity index (χ4n) is 3.04. The molecule has 1 amide bonds. The van der Waals surface area contributed by atoms with Crippen LogP contribution in [0.25, 0.3) is 5.95 Å². The van der Waals surface area contributed by atoms with Crippen molar-refractivity contribution >= 4 is 5.91 Å². The minimum atomic E-state index is -4.91. The minimum Gasteiger partial charge on any atom is -0.332 e. The van der Waals surface area contributed by atoms with Crippen molar-refractivity contribution < 1.29 is 26.7 Å². The van der Waals surface area contributed by atoms with E-state index in [1.807, 2.05) is 0 Å². The topological polar surface area (TPSA) is 76.8 Å². The number of hydrogen-bond acceptors (Lipinski definition) is 5. The maximum Gasteiger partial charge on any atom is 0.419 e. The van der Waals surface area contributed by atoms with Crippen molar-refractivity contribution in [3.05, 3.63) is 64.7 Å². The van der Waals surface area contributed by atoms with E-state index in [-0.39, 0.29) is 25.5 Å². The predicted molar refractivity (Wildman–Crippen MR) is 86.8 cm³/mol. The Balaban J connectivity index is 1.60. The molecule has 1 aliphatic heterocycles. The highest BCUT2D eigenvalue weighted by Gasteiger charge is 2.37. The van der Waals surface area contributed by atoms with Crippen molar-refractivity contribution in [2.45, 2.75) is 19.1 Å². The number of alkyl halides is 3. The van der Waals surface area contributed by atoms with Crippen LogP contribution in [0.3, 0.4) is 0 Å². The molecule has 12 heteroatoms. The quantitative estimate of drug-likeness (QED) is 0.607. The first-order valence-electron chi connectivity index (χ1n) is 8.32. The summed E-state index contributed by atoms with van der Waals surface area (Å²) in [6.07, 6.45) is -2.75. The van der Waals surface area contributed by atoms with E-state index in [4.69, 9.17) is 0 Å². The van der Waals surface area contributed by atoms with Crippen LogP contribution in [0.1, 0.15) is 27.3 Å². The Kier molecular flexibility index (Phi) is 4.47. The highest BCUT2D eigenvalue weighted by molar-refractivity contribution is 5.94. The first-order chi connectivity index (χ1) is 13.8. The standard InChI is InChI=1S/C17H11F5N6O/c18-9-6-23-16(24-7-9)28-13-4-5-27(8-12(13)25-26-28)15(29)10-2-1-3-11(14(10)19)17(20,21)22/h1-3,6-7H,4-5,8H2. The summed E-state index contributed by atoms with van der Waals surface area (Å²) in [6.45, 7) is 0.0150. The van der Waals surface area contributed by atoms with Crippen LogP contribution in [0.15, 0.2) is 30.6 Å². The Morgan fingerprint density at radius 2 is 1.83 bits per heavy atom. The van der Waals surface area contributed by atoms with E-state index in [2.05, 4.69) is 20.3 Å². The molecule has 3 heterocycles. The van der Waals surface area contributed by atoms with Crippen LogP contribution in [-0.4, -0.2) is 42.3 Å². The van der Waals surface area contributed by atoms with Crippen LogP contribution in [-0.2, 0) is 19.1 Å². The third-order valence-electron chi connectivity index (χ3n) is 4.42. The molecule has 0 unspecified atom stereocenters. The zero-order valence-electron chi connectivity index (χ0n) is 14.5. The highest BCUT2D eigenvalue weighted by atomic mass is 19.4. The zero-order valence-corrected chi connectivity index (χ0v) is 14.5. The lowest BCUT2D eigenvalue weighted by molar-refractivity contribution is -0.140. The van der Waals surface area contributed by atoms with Gasteiger partial charge in [0.1, 0.15) is 11.5 Å². The second-order valence-electron chi connectivity index (χ2n) is 6.24. The summed E-state index contributed by atoms with van der Waals surface area (Å²) < 4.78 is 67.3. The van der Waals surface area contributed by atoms with Gasteiger partial charge in [0, 0.05) is 13.0 Å². The van der Waals surface area contributed by atoms with Gasteiger partial charge in [0.05, 0.1) is 35.8 Å². The second-order valence-corrected chi connectivity index (χ2v) is 6.24. The van der Waals surface area contributed by atoms with Gasteiger partial charge < -0.3 is 4.90 Å². The van der Waals surface area contributed by atoms with Gasteiger partial charge >= 0.3 is 6.18 Å². The van der Waals surface area contributed by atoms with Crippen molar-refractivity contribution in [3.8, 4) is 5.95 Å². The lowest BCUT2D eigenvalue weighted by atomic mass is 10.1. The average molecular weight is 410 g/mol. The normalized spacial score (nSPS) is 14.0. The fourth-order valence-corrected chi connectivity index (χ4v) is 3.04. The Bertz CT molecular complexity index is 1080. The summed E-state index contributed by atoms with van der Waals surface area (Å²) in [5, 5.41) is 7.82. The molecule has 0 N–H and O–H groups in total. The SMILES string of the molecule is O=C(c1cccc(C(F)(F)F)c1F)N1CCc2c(nnn2-c2ncc(F)cn2)C1. The van der Waals surface area contributed by atoms with Gasteiger partial charge in [-0.3, -0.25) is 4.79 Å². The van der Waals surface area contributed by atoms with E-state index in [9.17, 15) is 26.7 Å². The van der Waals surface area contributed by atoms with Crippen molar-refractivity contribution in [3.63, 3.8) is 0 Å². The van der Waals surface area contributed by atoms with Crippen molar-refractivity contribution in [2.24, 2.45) is 0 Å². The van der Waals surface area contributed by atoms with Gasteiger partial charge in [-0.2, -0.15) is 17.9 Å². The van der Waals surface area contributed by atoms with Crippen LogP contribution in [0.4, 0.5) is 22.0 Å². The van der Waals surface area contributed by atoms with Gasteiger partial charge in [-0.05, 0) is 12.1 Å². The molecule has 150 valence electrons. The molecule has 0 atom stereocenters. The third-order valence-corrected chi connectivity index (χ3v) is 4.42. The van der Waals surface area contributed by atoms with Crippen molar-refractivity contribution in [1.29, 1.82) is 0 Å². The maximum absolute atomic E-state index is 14.3. The molecule has 4 rings (SSSR count). The van der Waals surface area contributed by atoms with Crippen LogP contribution in [0, 0.1) is 11.6 Å². The van der Waals surface area contributed by atoms with Gasteiger partial charge in [0.15, 0.2) is 5.82 Å². The molecule has 29 heavy (non-hydrogen) atoms. The number of halogens is 5. The number of fused-ring (bicyclic) bond motifs is 1. The lowest BCUT2D eigenvalue weighted by Gasteiger charge is -2.26. The van der Waals surface area contributed by atoms with E-state index in [0.717, 1.165) is 24.5 Å². The molecule has 0 fully saturated rings. The average Bonchev–Trinajstić information content (AvgIpc) is 3.10. The van der Waals surface area contributed by atoms with Crippen LogP contribution in [0.5, 0.6) is 0 Å². The van der Waals surface area contributed by atoms with E-state index in [0.29, 0.717) is 17.5 Å². The van der Waals surface area contributed by atoms with E-state index in [1.54, 1.807) is 0 Å². The summed E-state index contributed by atoms with van der Waals surface area (Å²) in [5.41, 5.74) is -1.23. The molecule has 1 aliphatic rings. The molecule has 2 aromatic heterocycles. The monoisotopic (exact) mass is 410 g/mol. The lowest BCUT2D eigenvalue weighted by Crippen LogP contribution is -2.37. The molecule has 0 radical (unpaired) electrons. The van der Waals surface area contributed by atoms with Crippen LogP contribution >= 0.6 is 0 Å². The van der Waals surface area contributed by atoms with Gasteiger partial charge in [-0.25, -0.2) is 18.7 Å². The summed E-state index contributed by atoms with van der Waals surface area (Å²) in [5.74, 6) is -3.03. The Morgan fingerprint density at radius 1 is 1.10 bits per heavy atom. The number of carbonyl (C=O) groups excluding carboxylic acids is 1. The molecule has 3 aromatic rings. The molecule has 7 nitrogen and oxygen atoms in total. The second kappa shape index (κ2) is 6.87. The third kappa shape index (κ3) is 3.41. The van der Waals surface area contributed by atoms with E-state index < -0.39 is 34.8 Å². The molecule has 0 bridgehead atoms. The minimum absolute atomic E-state index is 0.0783. The summed E-state index contributed by atoms with van der Waals surface area (Å²) in [7, 11) is 0. The smallest absolute Gasteiger partial charge is 0.332 e. The Hall–Kier alpha value is -3.44. The fraction of sp³-hybridized carbons (Fsp3) is 0.235.